The summed E-state index contributed by atoms with van der Waals surface area (Å²) in [6, 6.07) is 0. The van der Waals surface area contributed by atoms with Crippen molar-refractivity contribution in [2.45, 2.75) is 14.9 Å². The van der Waals surface area contributed by atoms with E-state index in [1.165, 1.54) is 0 Å². The number of hydrogen-bond acceptors (Lipinski definition) is 4. The SMILES string of the molecule is C.C.COCO[Si]OCOC.[Y].[Y]. The van der Waals surface area contributed by atoms with Gasteiger partial charge in [0, 0.05) is 79.6 Å². The summed E-state index contributed by atoms with van der Waals surface area (Å²) in [6.07, 6.45) is 0. The zero-order valence-corrected chi connectivity index (χ0v) is 13.4. The molecular formula is C6H18O4SiY2. The number of methoxy groups -OCH3 is 2. The van der Waals surface area contributed by atoms with Crippen LogP contribution in [0.3, 0.4) is 0 Å². The molecule has 0 heterocycles. The molecule has 0 aromatic heterocycles. The molecule has 0 saturated carbocycles. The van der Waals surface area contributed by atoms with Gasteiger partial charge in [0.05, 0.1) is 0 Å². The number of ether oxygens (including phenoxy) is 2. The van der Waals surface area contributed by atoms with E-state index in [2.05, 4.69) is 9.47 Å². The zero-order chi connectivity index (χ0) is 6.95. The Labute approximate surface area is 135 Å². The molecular weight excluding hydrogens is 342 g/mol. The monoisotopic (exact) mass is 360 g/mol. The first-order chi connectivity index (χ1) is 4.41. The maximum atomic E-state index is 4.79. The van der Waals surface area contributed by atoms with Gasteiger partial charge in [-0.05, 0) is 0 Å². The molecule has 0 bridgehead atoms. The van der Waals surface area contributed by atoms with E-state index in [4.69, 9.17) is 8.85 Å². The fourth-order valence-corrected chi connectivity index (χ4v) is 0.623. The molecule has 4 radical (unpaired) electrons. The van der Waals surface area contributed by atoms with Crippen LogP contribution in [0.25, 0.3) is 0 Å². The Morgan fingerprint density at radius 3 is 1.38 bits per heavy atom. The van der Waals surface area contributed by atoms with Crippen LogP contribution in [0.15, 0.2) is 0 Å². The first-order valence-electron chi connectivity index (χ1n) is 2.38. The fraction of sp³-hybridized carbons (Fsp3) is 1.00. The molecule has 0 aliphatic rings. The van der Waals surface area contributed by atoms with E-state index >= 15 is 0 Å². The molecule has 13 heavy (non-hydrogen) atoms. The largest absolute Gasteiger partial charge is 0.437 e. The van der Waals surface area contributed by atoms with Gasteiger partial charge in [-0.25, -0.2) is 0 Å². The Kier molecular flexibility index (Phi) is 66.3. The molecule has 76 valence electrons. The molecule has 7 heteroatoms. The van der Waals surface area contributed by atoms with Gasteiger partial charge in [-0.15, -0.1) is 0 Å². The minimum atomic E-state index is -0.00414. The summed E-state index contributed by atoms with van der Waals surface area (Å²) in [7, 11) is 3.11. The van der Waals surface area contributed by atoms with Crippen LogP contribution >= 0.6 is 0 Å². The van der Waals surface area contributed by atoms with Crippen LogP contribution in [-0.2, 0) is 83.7 Å². The third-order valence-electron chi connectivity index (χ3n) is 0.471. The maximum Gasteiger partial charge on any atom is 0.437 e. The summed E-state index contributed by atoms with van der Waals surface area (Å²) in [4.78, 5) is 0. The third-order valence-corrected chi connectivity index (χ3v) is 0.943. The van der Waals surface area contributed by atoms with Gasteiger partial charge in [-0.2, -0.15) is 0 Å². The van der Waals surface area contributed by atoms with Crippen LogP contribution in [0.4, 0.5) is 0 Å². The molecule has 0 rings (SSSR count). The van der Waals surface area contributed by atoms with Gasteiger partial charge in [0.15, 0.2) is 0 Å². The van der Waals surface area contributed by atoms with E-state index in [1.807, 2.05) is 0 Å². The van der Waals surface area contributed by atoms with Crippen molar-refractivity contribution in [3.05, 3.63) is 0 Å². The molecule has 4 nitrogen and oxygen atoms in total. The Morgan fingerprint density at radius 2 is 1.15 bits per heavy atom. The first kappa shape index (κ1) is 29.5. The van der Waals surface area contributed by atoms with Crippen molar-refractivity contribution in [3.8, 4) is 0 Å². The van der Waals surface area contributed by atoms with E-state index in [0.717, 1.165) is 0 Å². The average Bonchev–Trinajstić information content (AvgIpc) is 1.89. The van der Waals surface area contributed by atoms with Gasteiger partial charge in [-0.3, -0.25) is 0 Å². The second-order valence-electron chi connectivity index (χ2n) is 1.19. The summed E-state index contributed by atoms with van der Waals surface area (Å²) < 4.78 is 18.7. The minimum absolute atomic E-state index is 0. The molecule has 0 aromatic carbocycles. The summed E-state index contributed by atoms with van der Waals surface area (Å²) in [6.45, 7) is 0.532. The quantitative estimate of drug-likeness (QED) is 0.403. The van der Waals surface area contributed by atoms with Crippen LogP contribution in [0.1, 0.15) is 14.9 Å². The summed E-state index contributed by atoms with van der Waals surface area (Å²) in [5.41, 5.74) is 0. The summed E-state index contributed by atoms with van der Waals surface area (Å²) >= 11 is 0. The Morgan fingerprint density at radius 1 is 0.846 bits per heavy atom. The van der Waals surface area contributed by atoms with Crippen molar-refractivity contribution >= 4 is 10.0 Å². The smallest absolute Gasteiger partial charge is 0.369 e. The summed E-state index contributed by atoms with van der Waals surface area (Å²) in [5, 5.41) is 0. The average molecular weight is 360 g/mol. The number of rotatable bonds is 6. The molecule has 0 aliphatic heterocycles. The standard InChI is InChI=1S/C4H10O4Si.2CH4.2Y/c1-5-3-7-9-8-4-6-2;;;;/h3-4H2,1-2H3;2*1H4;;. The van der Waals surface area contributed by atoms with Crippen LogP contribution in [0, 0.1) is 0 Å². The molecule has 0 unspecified atom stereocenters. The van der Waals surface area contributed by atoms with E-state index in [9.17, 15) is 0 Å². The van der Waals surface area contributed by atoms with Crippen molar-refractivity contribution in [3.63, 3.8) is 0 Å². The first-order valence-corrected chi connectivity index (χ1v) is 3.20. The van der Waals surface area contributed by atoms with Gasteiger partial charge in [0.2, 0.25) is 0 Å². The third kappa shape index (κ3) is 31.4. The Bertz CT molecular complexity index is 55.9. The van der Waals surface area contributed by atoms with E-state index in [-0.39, 0.29) is 104 Å². The topological polar surface area (TPSA) is 36.9 Å². The maximum absolute atomic E-state index is 4.79. The second kappa shape index (κ2) is 29.2. The number of hydrogen-bond donors (Lipinski definition) is 0. The molecule has 0 saturated heterocycles. The normalized spacial score (nSPS) is 6.92. The van der Waals surface area contributed by atoms with Crippen molar-refractivity contribution in [1.82, 2.24) is 0 Å². The van der Waals surface area contributed by atoms with E-state index in [1.54, 1.807) is 14.2 Å². The molecule has 0 aliphatic carbocycles. The van der Waals surface area contributed by atoms with Crippen LogP contribution < -0.4 is 0 Å². The van der Waals surface area contributed by atoms with E-state index in [0.29, 0.717) is 0 Å². The van der Waals surface area contributed by atoms with Crippen molar-refractivity contribution in [1.29, 1.82) is 0 Å². The Balaban J connectivity index is -0.0000000533. The van der Waals surface area contributed by atoms with Crippen LogP contribution in [0.5, 0.6) is 0 Å². The predicted octanol–water partition coefficient (Wildman–Crippen LogP) is 1.03. The fourth-order valence-electron chi connectivity index (χ4n) is 0.208. The molecule has 0 aromatic rings. The zero-order valence-electron chi connectivity index (χ0n) is 6.70. The molecule has 0 fully saturated rings. The minimum Gasteiger partial charge on any atom is -0.369 e. The van der Waals surface area contributed by atoms with Crippen LogP contribution in [-0.4, -0.2) is 37.8 Å². The van der Waals surface area contributed by atoms with Crippen molar-refractivity contribution in [2.75, 3.05) is 27.8 Å². The molecule has 0 N–H and O–H groups in total. The van der Waals surface area contributed by atoms with Gasteiger partial charge < -0.3 is 18.3 Å². The Hall–Kier alpha value is 2.26. The van der Waals surface area contributed by atoms with Crippen molar-refractivity contribution in [2.24, 2.45) is 0 Å². The summed E-state index contributed by atoms with van der Waals surface area (Å²) in [5.74, 6) is 0. The van der Waals surface area contributed by atoms with Crippen molar-refractivity contribution < 1.29 is 83.7 Å². The van der Waals surface area contributed by atoms with Gasteiger partial charge >= 0.3 is 10.0 Å². The van der Waals surface area contributed by atoms with Gasteiger partial charge in [0.25, 0.3) is 0 Å². The molecule has 0 amide bonds. The van der Waals surface area contributed by atoms with Crippen LogP contribution in [0.2, 0.25) is 0 Å². The molecule has 0 spiro atoms. The van der Waals surface area contributed by atoms with E-state index < -0.39 is 0 Å². The van der Waals surface area contributed by atoms with Gasteiger partial charge in [-0.1, -0.05) is 14.9 Å². The second-order valence-corrected chi connectivity index (χ2v) is 1.93. The molecule has 0 atom stereocenters. The van der Waals surface area contributed by atoms with Gasteiger partial charge in [0.1, 0.15) is 13.6 Å². The predicted molar refractivity (Wildman–Crippen MR) is 45.1 cm³/mol.